The lowest BCUT2D eigenvalue weighted by Gasteiger charge is -2.06. The Hall–Kier alpha value is -2.16. The van der Waals surface area contributed by atoms with E-state index in [1.807, 2.05) is 25.1 Å². The molecule has 0 bridgehead atoms. The van der Waals surface area contributed by atoms with Crippen LogP contribution in [0.5, 0.6) is 0 Å². The second kappa shape index (κ2) is 6.85. The van der Waals surface area contributed by atoms with E-state index in [0.717, 1.165) is 12.0 Å². The number of benzene rings is 1. The molecular formula is C15H14N2O2S. The van der Waals surface area contributed by atoms with E-state index in [-0.39, 0.29) is 12.5 Å². The molecule has 2 aromatic rings. The summed E-state index contributed by atoms with van der Waals surface area (Å²) in [5.41, 5.74) is 1.66. The number of carbonyl (C=O) groups excluding carboxylic acids is 1. The highest BCUT2D eigenvalue weighted by molar-refractivity contribution is 7.16. The number of aryl methyl sites for hydroxylation is 1. The van der Waals surface area contributed by atoms with E-state index in [1.54, 1.807) is 12.3 Å². The van der Waals surface area contributed by atoms with Crippen LogP contribution in [0.4, 0.5) is 5.13 Å². The summed E-state index contributed by atoms with van der Waals surface area (Å²) in [6.45, 7) is 1.82. The third kappa shape index (κ3) is 3.44. The van der Waals surface area contributed by atoms with Gasteiger partial charge in [0.15, 0.2) is 5.13 Å². The van der Waals surface area contributed by atoms with E-state index in [9.17, 15) is 4.79 Å². The number of aromatic nitrogens is 1. The van der Waals surface area contributed by atoms with Gasteiger partial charge in [0.1, 0.15) is 6.61 Å². The average Bonchev–Trinajstić information content (AvgIpc) is 2.92. The molecule has 1 heterocycles. The number of carbonyl (C=O) groups is 1. The summed E-state index contributed by atoms with van der Waals surface area (Å²) in [6.07, 6.45) is 2.38. The highest BCUT2D eigenvalue weighted by Crippen LogP contribution is 2.19. The summed E-state index contributed by atoms with van der Waals surface area (Å²) in [7, 11) is 0. The largest absolute Gasteiger partial charge is 0.384 e. The number of rotatable bonds is 3. The molecule has 0 radical (unpaired) electrons. The molecule has 102 valence electrons. The molecule has 4 nitrogen and oxygen atoms in total. The van der Waals surface area contributed by atoms with Crippen molar-refractivity contribution in [1.82, 2.24) is 4.98 Å². The molecule has 5 heteroatoms. The summed E-state index contributed by atoms with van der Waals surface area (Å²) in [4.78, 5) is 17.0. The Labute approximate surface area is 121 Å². The fourth-order valence-corrected chi connectivity index (χ4v) is 2.42. The Balaban J connectivity index is 2.13. The van der Waals surface area contributed by atoms with Crippen LogP contribution >= 0.6 is 11.3 Å². The quantitative estimate of drug-likeness (QED) is 0.851. The van der Waals surface area contributed by atoms with Gasteiger partial charge in [0.25, 0.3) is 5.91 Å². The third-order valence-corrected chi connectivity index (χ3v) is 3.49. The summed E-state index contributed by atoms with van der Waals surface area (Å²) in [5, 5.41) is 11.9. The van der Waals surface area contributed by atoms with Gasteiger partial charge in [0.05, 0.1) is 11.1 Å². The lowest BCUT2D eigenvalue weighted by molar-refractivity contribution is 0.102. The molecule has 0 fully saturated rings. The van der Waals surface area contributed by atoms with Crippen LogP contribution in [-0.4, -0.2) is 22.6 Å². The highest BCUT2D eigenvalue weighted by Gasteiger charge is 2.11. The lowest BCUT2D eigenvalue weighted by atomic mass is 10.1. The van der Waals surface area contributed by atoms with Crippen LogP contribution in [0.15, 0.2) is 30.5 Å². The van der Waals surface area contributed by atoms with Crippen molar-refractivity contribution in [2.45, 2.75) is 13.3 Å². The molecule has 0 aliphatic rings. The molecule has 0 saturated carbocycles. The topological polar surface area (TPSA) is 62.2 Å². The molecule has 1 amide bonds. The highest BCUT2D eigenvalue weighted by atomic mass is 32.1. The molecule has 0 aliphatic heterocycles. The number of nitrogens with zero attached hydrogens (tertiary/aromatic N) is 1. The normalized spacial score (nSPS) is 9.70. The van der Waals surface area contributed by atoms with Gasteiger partial charge < -0.3 is 5.11 Å². The van der Waals surface area contributed by atoms with E-state index in [0.29, 0.717) is 15.6 Å². The molecule has 0 spiro atoms. The van der Waals surface area contributed by atoms with Crippen molar-refractivity contribution < 1.29 is 9.90 Å². The van der Waals surface area contributed by atoms with Gasteiger partial charge in [0.2, 0.25) is 0 Å². The van der Waals surface area contributed by atoms with Gasteiger partial charge in [-0.2, -0.15) is 0 Å². The lowest BCUT2D eigenvalue weighted by Crippen LogP contribution is -2.13. The first-order valence-corrected chi connectivity index (χ1v) is 7.01. The molecule has 2 rings (SSSR count). The van der Waals surface area contributed by atoms with Gasteiger partial charge >= 0.3 is 0 Å². The van der Waals surface area contributed by atoms with Crippen molar-refractivity contribution in [1.29, 1.82) is 0 Å². The van der Waals surface area contributed by atoms with Crippen LogP contribution < -0.4 is 5.32 Å². The Morgan fingerprint density at radius 3 is 3.00 bits per heavy atom. The molecule has 1 aromatic heterocycles. The minimum Gasteiger partial charge on any atom is -0.384 e. The maximum Gasteiger partial charge on any atom is 0.257 e. The van der Waals surface area contributed by atoms with Crippen LogP contribution in [0, 0.1) is 11.8 Å². The Kier molecular flexibility index (Phi) is 4.88. The van der Waals surface area contributed by atoms with E-state index >= 15 is 0 Å². The van der Waals surface area contributed by atoms with E-state index < -0.39 is 0 Å². The van der Waals surface area contributed by atoms with Crippen LogP contribution in [0.1, 0.15) is 27.7 Å². The van der Waals surface area contributed by atoms with Crippen molar-refractivity contribution in [2.75, 3.05) is 11.9 Å². The third-order valence-electron chi connectivity index (χ3n) is 2.66. The zero-order valence-electron chi connectivity index (χ0n) is 11.0. The first-order chi connectivity index (χ1) is 9.74. The number of aliphatic hydroxyl groups is 1. The van der Waals surface area contributed by atoms with Crippen LogP contribution in [-0.2, 0) is 6.42 Å². The minimum atomic E-state index is -0.191. The predicted molar refractivity (Wildman–Crippen MR) is 79.9 cm³/mol. The fourth-order valence-electron chi connectivity index (χ4n) is 1.73. The van der Waals surface area contributed by atoms with Crippen molar-refractivity contribution >= 4 is 22.4 Å². The Morgan fingerprint density at radius 2 is 2.25 bits per heavy atom. The maximum absolute atomic E-state index is 12.2. The average molecular weight is 286 g/mol. The monoisotopic (exact) mass is 286 g/mol. The first kappa shape index (κ1) is 14.3. The number of nitrogens with one attached hydrogen (secondary N) is 1. The summed E-state index contributed by atoms with van der Waals surface area (Å²) in [6, 6.07) is 7.50. The van der Waals surface area contributed by atoms with Gasteiger partial charge in [0, 0.05) is 5.56 Å². The second-order valence-corrected chi connectivity index (χ2v) is 4.99. The van der Waals surface area contributed by atoms with Crippen molar-refractivity contribution in [3.05, 3.63) is 46.5 Å². The van der Waals surface area contributed by atoms with Crippen LogP contribution in [0.25, 0.3) is 0 Å². The van der Waals surface area contributed by atoms with E-state index in [1.165, 1.54) is 11.3 Å². The number of thiazole rings is 1. The summed E-state index contributed by atoms with van der Waals surface area (Å²) < 4.78 is 0. The van der Waals surface area contributed by atoms with Gasteiger partial charge in [-0.15, -0.1) is 0 Å². The number of aliphatic hydroxyl groups excluding tert-OH is 1. The Bertz CT molecular complexity index is 668. The molecule has 0 atom stereocenters. The molecule has 0 saturated heterocycles. The summed E-state index contributed by atoms with van der Waals surface area (Å²) >= 11 is 1.28. The number of hydrogen-bond acceptors (Lipinski definition) is 4. The van der Waals surface area contributed by atoms with Crippen molar-refractivity contribution in [2.24, 2.45) is 0 Å². The van der Waals surface area contributed by atoms with Gasteiger partial charge in [-0.3, -0.25) is 10.1 Å². The maximum atomic E-state index is 12.2. The molecule has 20 heavy (non-hydrogen) atoms. The Morgan fingerprint density at radius 1 is 1.45 bits per heavy atom. The summed E-state index contributed by atoms with van der Waals surface area (Å²) in [5.74, 6) is 5.13. The van der Waals surface area contributed by atoms with Crippen LogP contribution in [0.3, 0.4) is 0 Å². The smallest absolute Gasteiger partial charge is 0.257 e. The fraction of sp³-hybridized carbons (Fsp3) is 0.200. The van der Waals surface area contributed by atoms with Crippen molar-refractivity contribution in [3.8, 4) is 11.8 Å². The minimum absolute atomic E-state index is 0.168. The molecule has 0 unspecified atom stereocenters. The van der Waals surface area contributed by atoms with Gasteiger partial charge in [-0.1, -0.05) is 48.3 Å². The molecule has 1 aromatic carbocycles. The SMILES string of the molecule is CCc1ccccc1C(=O)Nc1ncc(C#CCO)s1. The molecular weight excluding hydrogens is 272 g/mol. The number of hydrogen-bond donors (Lipinski definition) is 2. The van der Waals surface area contributed by atoms with Crippen molar-refractivity contribution in [3.63, 3.8) is 0 Å². The second-order valence-electron chi connectivity index (χ2n) is 3.95. The number of anilines is 1. The van der Waals surface area contributed by atoms with E-state index in [2.05, 4.69) is 22.1 Å². The van der Waals surface area contributed by atoms with Gasteiger partial charge in [-0.25, -0.2) is 4.98 Å². The zero-order chi connectivity index (χ0) is 14.4. The van der Waals surface area contributed by atoms with Gasteiger partial charge in [-0.05, 0) is 18.1 Å². The van der Waals surface area contributed by atoms with E-state index in [4.69, 9.17) is 5.11 Å². The predicted octanol–water partition coefficient (Wildman–Crippen LogP) is 2.30. The molecule has 0 aliphatic carbocycles. The van der Waals surface area contributed by atoms with Crippen LogP contribution in [0.2, 0.25) is 0 Å². The number of amides is 1. The standard InChI is InChI=1S/C15H14N2O2S/c1-2-11-6-3-4-8-13(11)14(19)17-15-16-10-12(20-15)7-5-9-18/h3-4,6,8,10,18H,2,9H2,1H3,(H,16,17,19). The first-order valence-electron chi connectivity index (χ1n) is 6.19. The molecule has 2 N–H and O–H groups in total. The zero-order valence-corrected chi connectivity index (χ0v) is 11.8.